The molecule has 0 saturated carbocycles. The number of aromatic amines is 1. The molecule has 34 heavy (non-hydrogen) atoms. The lowest BCUT2D eigenvalue weighted by Gasteiger charge is -2.08. The number of nitrogens with one attached hydrogen (secondary N) is 2. The Kier molecular flexibility index (Phi) is 6.43. The van der Waals surface area contributed by atoms with Crippen molar-refractivity contribution in [3.63, 3.8) is 0 Å². The van der Waals surface area contributed by atoms with Crippen molar-refractivity contribution in [1.82, 2.24) is 9.97 Å². The van der Waals surface area contributed by atoms with Crippen molar-refractivity contribution in [2.24, 2.45) is 11.5 Å². The number of rotatable bonds is 7. The van der Waals surface area contributed by atoms with Crippen LogP contribution in [-0.4, -0.2) is 33.4 Å². The second-order valence-electron chi connectivity index (χ2n) is 7.07. The third-order valence-corrected chi connectivity index (χ3v) is 6.45. The van der Waals surface area contributed by atoms with E-state index in [1.165, 1.54) is 41.7 Å². The number of nitrogens with zero attached hydrogens (tertiary/aromatic N) is 1. The molecule has 0 aliphatic carbocycles. The van der Waals surface area contributed by atoms with Crippen LogP contribution in [0.1, 0.15) is 20.7 Å². The Labute approximate surface area is 199 Å². The predicted molar refractivity (Wildman–Crippen MR) is 128 cm³/mol. The van der Waals surface area contributed by atoms with Crippen LogP contribution in [0.5, 0.6) is 0 Å². The minimum atomic E-state index is -0.779. The minimum Gasteiger partial charge on any atom is -0.366 e. The molecular formula is C22H16FN5O4S2. The lowest BCUT2D eigenvalue weighted by molar-refractivity contribution is -0.113. The number of amides is 3. The van der Waals surface area contributed by atoms with Gasteiger partial charge in [0.2, 0.25) is 17.7 Å². The maximum absolute atomic E-state index is 13.2. The number of primary amides is 2. The molecule has 2 aromatic heterocycles. The summed E-state index contributed by atoms with van der Waals surface area (Å²) in [6.45, 7) is 0. The van der Waals surface area contributed by atoms with Crippen molar-refractivity contribution in [3.8, 4) is 11.1 Å². The van der Waals surface area contributed by atoms with Crippen molar-refractivity contribution in [1.29, 1.82) is 0 Å². The normalized spacial score (nSPS) is 10.9. The van der Waals surface area contributed by atoms with Crippen LogP contribution < -0.4 is 22.3 Å². The highest BCUT2D eigenvalue weighted by Gasteiger charge is 2.15. The molecule has 3 amide bonds. The van der Waals surface area contributed by atoms with Crippen molar-refractivity contribution in [2.75, 3.05) is 11.1 Å². The largest absolute Gasteiger partial charge is 0.366 e. The number of aromatic nitrogens is 2. The molecule has 0 aliphatic rings. The molecule has 0 aliphatic heterocycles. The van der Waals surface area contributed by atoms with Crippen LogP contribution >= 0.6 is 23.1 Å². The maximum atomic E-state index is 13.2. The number of hydrogen-bond acceptors (Lipinski definition) is 7. The summed E-state index contributed by atoms with van der Waals surface area (Å²) in [4.78, 5) is 55.6. The first kappa shape index (κ1) is 23.1. The molecule has 0 spiro atoms. The zero-order valence-electron chi connectivity index (χ0n) is 17.3. The van der Waals surface area contributed by atoms with E-state index < -0.39 is 17.7 Å². The third kappa shape index (κ3) is 4.97. The van der Waals surface area contributed by atoms with Crippen molar-refractivity contribution in [3.05, 3.63) is 75.1 Å². The van der Waals surface area contributed by atoms with Crippen LogP contribution in [0.3, 0.4) is 0 Å². The highest BCUT2D eigenvalue weighted by molar-refractivity contribution is 7.99. The van der Waals surface area contributed by atoms with Gasteiger partial charge in [-0.25, -0.2) is 9.37 Å². The molecular weight excluding hydrogens is 481 g/mol. The average molecular weight is 498 g/mol. The van der Waals surface area contributed by atoms with Crippen molar-refractivity contribution in [2.45, 2.75) is 5.16 Å². The van der Waals surface area contributed by atoms with Gasteiger partial charge in [0, 0.05) is 27.8 Å². The topological polar surface area (TPSA) is 161 Å². The standard InChI is InChI=1S/C22H16FN5O4S2/c23-13-3-1-10(2-4-13)15-8-33-21-17(15)20(32)27-22(28-21)34-9-16(29)26-14-6-11(18(24)30)5-12(7-14)19(25)31/h1-8H,9H2,(H2,24,30)(H2,25,31)(H,26,29)(H,27,28,32). The number of carbonyl (C=O) groups excluding carboxylic acids is 3. The van der Waals surface area contributed by atoms with E-state index in [2.05, 4.69) is 15.3 Å². The number of thioether (sulfide) groups is 1. The first-order chi connectivity index (χ1) is 16.2. The number of anilines is 1. The first-order valence-corrected chi connectivity index (χ1v) is 11.5. The van der Waals surface area contributed by atoms with Gasteiger partial charge in [-0.05, 0) is 35.9 Å². The lowest BCUT2D eigenvalue weighted by Crippen LogP contribution is -2.19. The molecule has 6 N–H and O–H groups in total. The average Bonchev–Trinajstić information content (AvgIpc) is 3.22. The molecule has 9 nitrogen and oxygen atoms in total. The van der Waals surface area contributed by atoms with Gasteiger partial charge in [-0.2, -0.15) is 0 Å². The molecule has 0 unspecified atom stereocenters. The Morgan fingerprint density at radius 3 is 2.32 bits per heavy atom. The second-order valence-corrected chi connectivity index (χ2v) is 8.89. The summed E-state index contributed by atoms with van der Waals surface area (Å²) in [5.74, 6) is -2.52. The summed E-state index contributed by atoms with van der Waals surface area (Å²) >= 11 is 2.26. The van der Waals surface area contributed by atoms with E-state index in [0.717, 1.165) is 11.8 Å². The van der Waals surface area contributed by atoms with E-state index in [-0.39, 0.29) is 39.1 Å². The first-order valence-electron chi connectivity index (χ1n) is 9.66. The third-order valence-electron chi connectivity index (χ3n) is 4.70. The Balaban J connectivity index is 1.50. The highest BCUT2D eigenvalue weighted by Crippen LogP contribution is 2.31. The van der Waals surface area contributed by atoms with E-state index in [4.69, 9.17) is 11.5 Å². The number of nitrogens with two attached hydrogens (primary N) is 2. The van der Waals surface area contributed by atoms with Gasteiger partial charge in [-0.15, -0.1) is 11.3 Å². The summed E-state index contributed by atoms with van der Waals surface area (Å²) in [5.41, 5.74) is 11.7. The molecule has 12 heteroatoms. The van der Waals surface area contributed by atoms with Crippen LogP contribution in [0.15, 0.2) is 57.8 Å². The summed E-state index contributed by atoms with van der Waals surface area (Å²) in [5, 5.41) is 4.95. The number of H-pyrrole nitrogens is 1. The Hall–Kier alpha value is -4.03. The molecule has 0 saturated heterocycles. The second kappa shape index (κ2) is 9.45. The fourth-order valence-corrected chi connectivity index (χ4v) is 4.82. The summed E-state index contributed by atoms with van der Waals surface area (Å²) in [6, 6.07) is 9.68. The van der Waals surface area contributed by atoms with Crippen LogP contribution in [0, 0.1) is 5.82 Å². The predicted octanol–water partition coefficient (Wildman–Crippen LogP) is 2.72. The summed E-state index contributed by atoms with van der Waals surface area (Å²) in [7, 11) is 0. The number of thiophene rings is 1. The van der Waals surface area contributed by atoms with E-state index in [9.17, 15) is 23.6 Å². The van der Waals surface area contributed by atoms with E-state index in [1.54, 1.807) is 17.5 Å². The molecule has 0 radical (unpaired) electrons. The van der Waals surface area contributed by atoms with Gasteiger partial charge >= 0.3 is 0 Å². The molecule has 0 atom stereocenters. The fourth-order valence-electron chi connectivity index (χ4n) is 3.15. The monoisotopic (exact) mass is 497 g/mol. The van der Waals surface area contributed by atoms with E-state index in [1.807, 2.05) is 0 Å². The van der Waals surface area contributed by atoms with Crippen molar-refractivity contribution < 1.29 is 18.8 Å². The Morgan fingerprint density at radius 2 is 1.71 bits per heavy atom. The van der Waals surface area contributed by atoms with Gasteiger partial charge < -0.3 is 21.8 Å². The van der Waals surface area contributed by atoms with E-state index >= 15 is 0 Å². The lowest BCUT2D eigenvalue weighted by atomic mass is 10.1. The fraction of sp³-hybridized carbons (Fsp3) is 0.0455. The molecule has 2 aromatic carbocycles. The number of fused-ring (bicyclic) bond motifs is 1. The maximum Gasteiger partial charge on any atom is 0.260 e. The van der Waals surface area contributed by atoms with Gasteiger partial charge in [-0.3, -0.25) is 19.2 Å². The molecule has 2 heterocycles. The zero-order valence-corrected chi connectivity index (χ0v) is 18.9. The van der Waals surface area contributed by atoms with Gasteiger partial charge in [0.05, 0.1) is 11.1 Å². The van der Waals surface area contributed by atoms with Crippen LogP contribution in [0.4, 0.5) is 10.1 Å². The van der Waals surface area contributed by atoms with E-state index in [0.29, 0.717) is 21.3 Å². The summed E-state index contributed by atoms with van der Waals surface area (Å²) < 4.78 is 13.2. The Bertz CT molecular complexity index is 1470. The molecule has 4 aromatic rings. The number of halogens is 1. The zero-order chi connectivity index (χ0) is 24.4. The quantitative estimate of drug-likeness (QED) is 0.227. The van der Waals surface area contributed by atoms with Gasteiger partial charge in [0.15, 0.2) is 5.16 Å². The van der Waals surface area contributed by atoms with Gasteiger partial charge in [0.1, 0.15) is 10.6 Å². The molecule has 0 bridgehead atoms. The number of carbonyl (C=O) groups is 3. The molecule has 4 rings (SSSR count). The van der Waals surface area contributed by atoms with Crippen LogP contribution in [0.25, 0.3) is 21.3 Å². The van der Waals surface area contributed by atoms with Crippen LogP contribution in [0.2, 0.25) is 0 Å². The smallest absolute Gasteiger partial charge is 0.260 e. The van der Waals surface area contributed by atoms with Crippen molar-refractivity contribution >= 4 is 56.7 Å². The van der Waals surface area contributed by atoms with Gasteiger partial charge in [-0.1, -0.05) is 23.9 Å². The minimum absolute atomic E-state index is 0.0188. The van der Waals surface area contributed by atoms with Gasteiger partial charge in [0.25, 0.3) is 5.56 Å². The summed E-state index contributed by atoms with van der Waals surface area (Å²) in [6.07, 6.45) is 0. The number of benzene rings is 2. The Morgan fingerprint density at radius 1 is 1.06 bits per heavy atom. The molecule has 172 valence electrons. The SMILES string of the molecule is NC(=O)c1cc(NC(=O)CSc2nc3scc(-c4ccc(F)cc4)c3c(=O)[nH]2)cc(C(N)=O)c1. The number of hydrogen-bond donors (Lipinski definition) is 4. The highest BCUT2D eigenvalue weighted by atomic mass is 32.2. The molecule has 0 fully saturated rings. The van der Waals surface area contributed by atoms with Crippen LogP contribution in [-0.2, 0) is 4.79 Å².